The van der Waals surface area contributed by atoms with Gasteiger partial charge in [-0.3, -0.25) is 9.69 Å². The zero-order valence-corrected chi connectivity index (χ0v) is 17.4. The Morgan fingerprint density at radius 1 is 1.03 bits per heavy atom. The lowest BCUT2D eigenvalue weighted by Crippen LogP contribution is -2.38. The van der Waals surface area contributed by atoms with Gasteiger partial charge in [-0.1, -0.05) is 17.7 Å². The molecule has 0 saturated carbocycles. The first-order chi connectivity index (χ1) is 13.9. The van der Waals surface area contributed by atoms with E-state index in [9.17, 15) is 13.2 Å². The molecule has 7 nitrogen and oxygen atoms in total. The lowest BCUT2D eigenvalue weighted by molar-refractivity contribution is 0.0376. The topological polar surface area (TPSA) is 87.7 Å². The van der Waals surface area contributed by atoms with E-state index in [1.807, 2.05) is 19.1 Å². The number of nitrogens with zero attached hydrogens (tertiary/aromatic N) is 1. The number of benzene rings is 2. The summed E-state index contributed by atoms with van der Waals surface area (Å²) in [6.07, 6.45) is 0.740. The number of carbonyl (C=O) groups excluding carboxylic acids is 1. The molecule has 0 aromatic heterocycles. The fraction of sp³-hybridized carbons (Fsp3) is 0.381. The number of aryl methyl sites for hydroxylation is 1. The summed E-state index contributed by atoms with van der Waals surface area (Å²) in [7, 11) is -3.57. The largest absolute Gasteiger partial charge is 0.379 e. The van der Waals surface area contributed by atoms with Crippen LogP contribution in [0.1, 0.15) is 22.3 Å². The van der Waals surface area contributed by atoms with Crippen LogP contribution in [-0.2, 0) is 14.8 Å². The number of hydrogen-bond acceptors (Lipinski definition) is 5. The maximum Gasteiger partial charge on any atom is 0.255 e. The standard InChI is InChI=1S/C21H27N3O4S/c1-17-3-5-18(6-4-17)21(25)23-19-7-9-20(10-8-19)29(26,27)22-11-2-12-24-13-15-28-16-14-24/h3-10,22H,2,11-16H2,1H3,(H,23,25). The van der Waals surface area contributed by atoms with Crippen molar-refractivity contribution in [2.75, 3.05) is 44.7 Å². The summed E-state index contributed by atoms with van der Waals surface area (Å²) in [6, 6.07) is 13.4. The Hall–Kier alpha value is -2.26. The van der Waals surface area contributed by atoms with Crippen molar-refractivity contribution in [1.29, 1.82) is 0 Å². The van der Waals surface area contributed by atoms with Gasteiger partial charge in [0.05, 0.1) is 18.1 Å². The van der Waals surface area contributed by atoms with E-state index in [0.29, 0.717) is 17.8 Å². The number of ether oxygens (including phenoxy) is 1. The van der Waals surface area contributed by atoms with Gasteiger partial charge >= 0.3 is 0 Å². The molecule has 156 valence electrons. The van der Waals surface area contributed by atoms with Crippen LogP contribution < -0.4 is 10.0 Å². The molecule has 0 unspecified atom stereocenters. The number of rotatable bonds is 8. The van der Waals surface area contributed by atoms with Gasteiger partial charge in [-0.15, -0.1) is 0 Å². The van der Waals surface area contributed by atoms with Crippen LogP contribution in [0, 0.1) is 6.92 Å². The average Bonchev–Trinajstić information content (AvgIpc) is 2.73. The monoisotopic (exact) mass is 417 g/mol. The van der Waals surface area contributed by atoms with Gasteiger partial charge in [-0.2, -0.15) is 0 Å². The number of morpholine rings is 1. The number of nitrogens with one attached hydrogen (secondary N) is 2. The summed E-state index contributed by atoms with van der Waals surface area (Å²) in [6.45, 7) is 6.43. The quantitative estimate of drug-likeness (QED) is 0.643. The van der Waals surface area contributed by atoms with Crippen LogP contribution in [0.4, 0.5) is 5.69 Å². The van der Waals surface area contributed by atoms with E-state index in [-0.39, 0.29) is 10.8 Å². The van der Waals surface area contributed by atoms with Crippen molar-refractivity contribution < 1.29 is 17.9 Å². The fourth-order valence-corrected chi connectivity index (χ4v) is 4.12. The Bertz CT molecular complexity index is 906. The van der Waals surface area contributed by atoms with Crippen molar-refractivity contribution in [3.63, 3.8) is 0 Å². The van der Waals surface area contributed by atoms with Gasteiger partial charge in [-0.05, 0) is 56.3 Å². The molecular weight excluding hydrogens is 390 g/mol. The average molecular weight is 418 g/mol. The van der Waals surface area contributed by atoms with E-state index in [2.05, 4.69) is 14.9 Å². The van der Waals surface area contributed by atoms with E-state index in [4.69, 9.17) is 4.74 Å². The van der Waals surface area contributed by atoms with E-state index in [1.54, 1.807) is 24.3 Å². The van der Waals surface area contributed by atoms with Crippen LogP contribution in [0.25, 0.3) is 0 Å². The highest BCUT2D eigenvalue weighted by Gasteiger charge is 2.15. The highest BCUT2D eigenvalue weighted by molar-refractivity contribution is 7.89. The molecule has 0 aliphatic carbocycles. The Morgan fingerprint density at radius 2 is 1.69 bits per heavy atom. The number of hydrogen-bond donors (Lipinski definition) is 2. The van der Waals surface area contributed by atoms with E-state index < -0.39 is 10.0 Å². The molecule has 0 bridgehead atoms. The Kier molecular flexibility index (Phi) is 7.38. The summed E-state index contributed by atoms with van der Waals surface area (Å²) < 4.78 is 32.8. The fourth-order valence-electron chi connectivity index (χ4n) is 3.04. The third-order valence-corrected chi connectivity index (χ3v) is 6.26. The maximum absolute atomic E-state index is 12.4. The zero-order valence-electron chi connectivity index (χ0n) is 16.6. The van der Waals surface area contributed by atoms with Crippen LogP contribution in [0.5, 0.6) is 0 Å². The van der Waals surface area contributed by atoms with Gasteiger partial charge in [-0.25, -0.2) is 13.1 Å². The third kappa shape index (κ3) is 6.37. The normalized spacial score (nSPS) is 15.2. The number of amides is 1. The van der Waals surface area contributed by atoms with Gasteiger partial charge in [0, 0.05) is 30.9 Å². The first-order valence-electron chi connectivity index (χ1n) is 9.72. The third-order valence-electron chi connectivity index (χ3n) is 4.78. The number of sulfonamides is 1. The predicted octanol–water partition coefficient (Wildman–Crippen LogP) is 2.25. The second-order valence-electron chi connectivity index (χ2n) is 7.05. The summed E-state index contributed by atoms with van der Waals surface area (Å²) in [4.78, 5) is 14.7. The van der Waals surface area contributed by atoms with Gasteiger partial charge in [0.1, 0.15) is 0 Å². The second-order valence-corrected chi connectivity index (χ2v) is 8.82. The van der Waals surface area contributed by atoms with Crippen LogP contribution in [0.3, 0.4) is 0 Å². The SMILES string of the molecule is Cc1ccc(C(=O)Nc2ccc(S(=O)(=O)NCCCN3CCOCC3)cc2)cc1. The van der Waals surface area contributed by atoms with Crippen molar-refractivity contribution in [3.8, 4) is 0 Å². The lowest BCUT2D eigenvalue weighted by atomic mass is 10.1. The van der Waals surface area contributed by atoms with Crippen molar-refractivity contribution >= 4 is 21.6 Å². The molecule has 8 heteroatoms. The number of anilines is 1. The van der Waals surface area contributed by atoms with E-state index in [0.717, 1.165) is 44.8 Å². The molecule has 3 rings (SSSR count). The molecule has 29 heavy (non-hydrogen) atoms. The molecule has 1 heterocycles. The molecule has 0 radical (unpaired) electrons. The lowest BCUT2D eigenvalue weighted by Gasteiger charge is -2.26. The molecule has 2 aromatic carbocycles. The predicted molar refractivity (Wildman–Crippen MR) is 113 cm³/mol. The van der Waals surface area contributed by atoms with Crippen molar-refractivity contribution in [1.82, 2.24) is 9.62 Å². The van der Waals surface area contributed by atoms with Gasteiger partial charge in [0.15, 0.2) is 0 Å². The molecule has 2 N–H and O–H groups in total. The second kappa shape index (κ2) is 9.98. The summed E-state index contributed by atoms with van der Waals surface area (Å²) in [5.74, 6) is -0.234. The molecule has 0 spiro atoms. The molecule has 0 atom stereocenters. The minimum Gasteiger partial charge on any atom is -0.379 e. The minimum atomic E-state index is -3.57. The Balaban J connectivity index is 1.50. The minimum absolute atomic E-state index is 0.178. The molecule has 1 fully saturated rings. The van der Waals surface area contributed by atoms with Crippen LogP contribution in [-0.4, -0.2) is 58.6 Å². The Labute approximate surface area is 172 Å². The summed E-state index contributed by atoms with van der Waals surface area (Å²) >= 11 is 0. The van der Waals surface area contributed by atoms with Crippen molar-refractivity contribution in [2.45, 2.75) is 18.2 Å². The van der Waals surface area contributed by atoms with Crippen molar-refractivity contribution in [3.05, 3.63) is 59.7 Å². The van der Waals surface area contributed by atoms with Crippen LogP contribution >= 0.6 is 0 Å². The molecule has 2 aromatic rings. The van der Waals surface area contributed by atoms with Crippen LogP contribution in [0.15, 0.2) is 53.4 Å². The van der Waals surface area contributed by atoms with E-state index in [1.165, 1.54) is 12.1 Å². The molecule has 1 amide bonds. The van der Waals surface area contributed by atoms with Gasteiger partial charge in [0.2, 0.25) is 10.0 Å². The molecule has 1 saturated heterocycles. The maximum atomic E-state index is 12.4. The van der Waals surface area contributed by atoms with Gasteiger partial charge < -0.3 is 10.1 Å². The number of carbonyl (C=O) groups is 1. The van der Waals surface area contributed by atoms with E-state index >= 15 is 0 Å². The zero-order chi connectivity index (χ0) is 20.7. The van der Waals surface area contributed by atoms with Gasteiger partial charge in [0.25, 0.3) is 5.91 Å². The van der Waals surface area contributed by atoms with Crippen LogP contribution in [0.2, 0.25) is 0 Å². The highest BCUT2D eigenvalue weighted by Crippen LogP contribution is 2.15. The summed E-state index contributed by atoms with van der Waals surface area (Å²) in [5, 5.41) is 2.78. The molecule has 1 aliphatic heterocycles. The first-order valence-corrected chi connectivity index (χ1v) is 11.2. The highest BCUT2D eigenvalue weighted by atomic mass is 32.2. The smallest absolute Gasteiger partial charge is 0.255 e. The first kappa shape index (κ1) is 21.4. The van der Waals surface area contributed by atoms with Crippen molar-refractivity contribution in [2.24, 2.45) is 0 Å². The molecular formula is C21H27N3O4S. The Morgan fingerprint density at radius 3 is 2.34 bits per heavy atom. The summed E-state index contributed by atoms with van der Waals surface area (Å²) in [5.41, 5.74) is 2.17. The molecule has 1 aliphatic rings.